The number of allylic oxidation sites excluding steroid dienone is 9. The molecule has 1 rings (SSSR count). The Bertz CT molecular complexity index is 1050. The van der Waals surface area contributed by atoms with Crippen molar-refractivity contribution in [1.29, 1.82) is 0 Å². The van der Waals surface area contributed by atoms with E-state index < -0.39 is 52.9 Å². The van der Waals surface area contributed by atoms with Crippen molar-refractivity contribution in [2.75, 3.05) is 19.8 Å². The fraction of sp³-hybridized carbons (Fsp3) is 0.560. The molecular weight excluding hydrogens is 518 g/mol. The number of nitrogens with zero attached hydrogens (tertiary/aromatic N) is 3. The smallest absolute Gasteiger partial charge is 0.331 e. The summed E-state index contributed by atoms with van der Waals surface area (Å²) in [6.45, 7) is 7.03. The Morgan fingerprint density at radius 3 is 1.95 bits per heavy atom. The zero-order chi connectivity index (χ0) is 29.8. The standard InChI is InChI=1S/C25H35N3O11/c1-18(11-12-22-20(3)10-7-13-24(22,4)5)8-6-9-19(2)21(23(29)30)14-25(15-37-26(31)32,16-38-27(33)34)17-39-28(35)36/h6,8-9,11-12H,7,10,13-17H2,1-5H3,(H,29,30)/b9-6+,12-11+,18-8+,21-19+. The van der Waals surface area contributed by atoms with Crippen molar-refractivity contribution in [2.24, 2.45) is 10.8 Å². The van der Waals surface area contributed by atoms with E-state index in [1.165, 1.54) is 24.1 Å². The minimum Gasteiger partial charge on any atom is -0.478 e. The highest BCUT2D eigenvalue weighted by Gasteiger charge is 2.38. The second-order valence-corrected chi connectivity index (χ2v) is 10.2. The molecule has 0 heterocycles. The van der Waals surface area contributed by atoms with E-state index in [1.54, 1.807) is 12.2 Å². The first-order valence-electron chi connectivity index (χ1n) is 12.1. The van der Waals surface area contributed by atoms with Crippen LogP contribution in [-0.2, 0) is 19.3 Å². The van der Waals surface area contributed by atoms with Crippen molar-refractivity contribution < 1.29 is 39.7 Å². The summed E-state index contributed by atoms with van der Waals surface area (Å²) < 4.78 is 0. The van der Waals surface area contributed by atoms with Gasteiger partial charge in [0, 0.05) is 11.0 Å². The minimum atomic E-state index is -1.94. The fourth-order valence-corrected chi connectivity index (χ4v) is 4.33. The summed E-state index contributed by atoms with van der Waals surface area (Å²) >= 11 is 0. The van der Waals surface area contributed by atoms with Crippen LogP contribution in [0.1, 0.15) is 60.3 Å². The Hall–Kier alpha value is -4.23. The second-order valence-electron chi connectivity index (χ2n) is 10.2. The highest BCUT2D eigenvalue weighted by Crippen LogP contribution is 2.40. The number of carboxylic acid groups (broad SMARTS) is 1. The highest BCUT2D eigenvalue weighted by molar-refractivity contribution is 5.88. The summed E-state index contributed by atoms with van der Waals surface area (Å²) in [5.41, 5.74) is 1.56. The van der Waals surface area contributed by atoms with Crippen molar-refractivity contribution in [3.63, 3.8) is 0 Å². The van der Waals surface area contributed by atoms with Gasteiger partial charge in [-0.2, -0.15) is 0 Å². The molecule has 1 N–H and O–H groups in total. The molecule has 14 nitrogen and oxygen atoms in total. The molecule has 0 atom stereocenters. The van der Waals surface area contributed by atoms with E-state index in [1.807, 2.05) is 13.0 Å². The van der Waals surface area contributed by atoms with Crippen LogP contribution in [0.25, 0.3) is 0 Å². The lowest BCUT2D eigenvalue weighted by molar-refractivity contribution is -0.782. The van der Waals surface area contributed by atoms with Gasteiger partial charge in [0.15, 0.2) is 0 Å². The second kappa shape index (κ2) is 14.6. The van der Waals surface area contributed by atoms with Crippen LogP contribution in [0.2, 0.25) is 0 Å². The van der Waals surface area contributed by atoms with Gasteiger partial charge in [-0.1, -0.05) is 55.4 Å². The fourth-order valence-electron chi connectivity index (χ4n) is 4.33. The van der Waals surface area contributed by atoms with Gasteiger partial charge in [0.2, 0.25) is 0 Å². The van der Waals surface area contributed by atoms with E-state index in [2.05, 4.69) is 41.4 Å². The van der Waals surface area contributed by atoms with Crippen molar-refractivity contribution in [3.8, 4) is 0 Å². The lowest BCUT2D eigenvalue weighted by Crippen LogP contribution is -2.40. The predicted octanol–water partition coefficient (Wildman–Crippen LogP) is 4.97. The van der Waals surface area contributed by atoms with Crippen molar-refractivity contribution in [3.05, 3.63) is 88.6 Å². The van der Waals surface area contributed by atoms with Crippen LogP contribution in [0, 0.1) is 41.2 Å². The molecule has 39 heavy (non-hydrogen) atoms. The van der Waals surface area contributed by atoms with Gasteiger partial charge in [0.25, 0.3) is 15.3 Å². The number of rotatable bonds is 16. The minimum absolute atomic E-state index is 0.0773. The van der Waals surface area contributed by atoms with Crippen molar-refractivity contribution in [1.82, 2.24) is 0 Å². The summed E-state index contributed by atoms with van der Waals surface area (Å²) in [7, 11) is 0. The average Bonchev–Trinajstić information content (AvgIpc) is 2.81. The Balaban J connectivity index is 3.29. The van der Waals surface area contributed by atoms with Gasteiger partial charge in [-0.05, 0) is 63.0 Å². The molecule has 216 valence electrons. The molecule has 1 aliphatic carbocycles. The maximum atomic E-state index is 12.1. The number of hydrogen-bond acceptors (Lipinski definition) is 10. The van der Waals surface area contributed by atoms with Gasteiger partial charge in [-0.15, -0.1) is 30.3 Å². The third kappa shape index (κ3) is 11.4. The van der Waals surface area contributed by atoms with E-state index in [0.717, 1.165) is 24.8 Å². The highest BCUT2D eigenvalue weighted by atomic mass is 17.0. The quantitative estimate of drug-likeness (QED) is 0.117. The van der Waals surface area contributed by atoms with Crippen LogP contribution in [0.5, 0.6) is 0 Å². The maximum Gasteiger partial charge on any atom is 0.331 e. The zero-order valence-corrected chi connectivity index (χ0v) is 22.7. The van der Waals surface area contributed by atoms with Crippen LogP contribution in [0.3, 0.4) is 0 Å². The Labute approximate surface area is 225 Å². The Morgan fingerprint density at radius 1 is 1.00 bits per heavy atom. The predicted molar refractivity (Wildman–Crippen MR) is 139 cm³/mol. The number of carboxylic acids is 1. The average molecular weight is 554 g/mol. The van der Waals surface area contributed by atoms with Gasteiger partial charge in [-0.25, -0.2) is 4.79 Å². The molecule has 0 unspecified atom stereocenters. The van der Waals surface area contributed by atoms with Crippen LogP contribution in [-0.4, -0.2) is 46.2 Å². The molecular formula is C25H35N3O11. The van der Waals surface area contributed by atoms with Gasteiger partial charge in [-0.3, -0.25) is 0 Å². The van der Waals surface area contributed by atoms with E-state index in [-0.39, 0.29) is 16.6 Å². The van der Waals surface area contributed by atoms with Crippen LogP contribution in [0.4, 0.5) is 0 Å². The first-order chi connectivity index (χ1) is 18.1. The SMILES string of the molecule is CC1=C(/C=C/C(C)=C/C=C/C(C)=C(\CC(CO[N+](=O)[O-])(CO[N+](=O)[O-])CO[N+](=O)[O-])C(=O)O)C(C)(C)CCC1. The van der Waals surface area contributed by atoms with Crippen LogP contribution < -0.4 is 0 Å². The number of carbonyl (C=O) groups is 1. The van der Waals surface area contributed by atoms with E-state index in [9.17, 15) is 40.2 Å². The van der Waals surface area contributed by atoms with Crippen molar-refractivity contribution >= 4 is 5.97 Å². The number of aliphatic carboxylic acids is 1. The lowest BCUT2D eigenvalue weighted by Gasteiger charge is -2.32. The summed E-state index contributed by atoms with van der Waals surface area (Å²) in [4.78, 5) is 57.3. The third-order valence-corrected chi connectivity index (χ3v) is 6.48. The molecule has 0 bridgehead atoms. The first-order valence-corrected chi connectivity index (χ1v) is 12.1. The molecule has 0 amide bonds. The molecule has 0 saturated heterocycles. The number of hydrogen-bond donors (Lipinski definition) is 1. The van der Waals surface area contributed by atoms with E-state index >= 15 is 0 Å². The zero-order valence-electron chi connectivity index (χ0n) is 22.7. The molecule has 0 saturated carbocycles. The molecule has 0 aromatic rings. The van der Waals surface area contributed by atoms with Crippen LogP contribution >= 0.6 is 0 Å². The van der Waals surface area contributed by atoms with E-state index in [0.29, 0.717) is 0 Å². The largest absolute Gasteiger partial charge is 0.478 e. The maximum absolute atomic E-state index is 12.1. The summed E-state index contributed by atoms with van der Waals surface area (Å²) in [6.07, 6.45) is 11.6. The van der Waals surface area contributed by atoms with Crippen molar-refractivity contribution in [2.45, 2.75) is 60.3 Å². The molecule has 14 heteroatoms. The van der Waals surface area contributed by atoms with Gasteiger partial charge >= 0.3 is 5.97 Å². The normalized spacial score (nSPS) is 16.7. The molecule has 0 aromatic heterocycles. The van der Waals surface area contributed by atoms with E-state index in [4.69, 9.17) is 0 Å². The Morgan fingerprint density at radius 2 is 1.51 bits per heavy atom. The summed E-state index contributed by atoms with van der Waals surface area (Å²) in [5, 5.41) is 38.5. The molecule has 0 radical (unpaired) electrons. The molecule has 1 aliphatic rings. The molecule has 0 aliphatic heterocycles. The first kappa shape index (κ1) is 32.8. The third-order valence-electron chi connectivity index (χ3n) is 6.48. The lowest BCUT2D eigenvalue weighted by atomic mass is 9.72. The summed E-state index contributed by atoms with van der Waals surface area (Å²) in [5.74, 6) is -1.44. The van der Waals surface area contributed by atoms with Gasteiger partial charge < -0.3 is 19.6 Å². The van der Waals surface area contributed by atoms with Gasteiger partial charge in [0.05, 0.1) is 0 Å². The molecule has 0 spiro atoms. The molecule has 0 fully saturated rings. The van der Waals surface area contributed by atoms with Crippen LogP contribution in [0.15, 0.2) is 58.2 Å². The monoisotopic (exact) mass is 553 g/mol. The summed E-state index contributed by atoms with van der Waals surface area (Å²) in [6, 6.07) is 0. The van der Waals surface area contributed by atoms with Gasteiger partial charge in [0.1, 0.15) is 19.8 Å². The molecule has 0 aromatic carbocycles. The Kier molecular flexibility index (Phi) is 12.3. The topological polar surface area (TPSA) is 194 Å².